The van der Waals surface area contributed by atoms with Crippen molar-refractivity contribution in [3.8, 4) is 0 Å². The molecular formula is C11H14BrNOS. The highest BCUT2D eigenvalue weighted by Gasteiger charge is 2.30. The van der Waals surface area contributed by atoms with E-state index in [1.807, 2.05) is 26.1 Å². The molecule has 1 heterocycles. The predicted molar refractivity (Wildman–Crippen MR) is 66.4 cm³/mol. The highest BCUT2D eigenvalue weighted by molar-refractivity contribution is 9.10. The van der Waals surface area contributed by atoms with Crippen molar-refractivity contribution < 1.29 is 4.21 Å². The summed E-state index contributed by atoms with van der Waals surface area (Å²) in [6.07, 6.45) is 0.937. The van der Waals surface area contributed by atoms with Gasteiger partial charge in [-0.25, -0.2) is 0 Å². The minimum Gasteiger partial charge on any atom is -0.313 e. The standard InChI is InChI=1S/C11H14BrNOS/c1-7-6-10(13-2)8-4-3-5-9(12)11(8)15(7)14/h3-5,7,10,13H,6H2,1-2H3. The largest absolute Gasteiger partial charge is 0.313 e. The first kappa shape index (κ1) is 11.3. The fourth-order valence-corrected chi connectivity index (χ4v) is 4.37. The van der Waals surface area contributed by atoms with Gasteiger partial charge < -0.3 is 5.32 Å². The summed E-state index contributed by atoms with van der Waals surface area (Å²) in [6, 6.07) is 6.35. The van der Waals surface area contributed by atoms with Crippen LogP contribution in [0.2, 0.25) is 0 Å². The molecule has 1 aromatic rings. The molecule has 15 heavy (non-hydrogen) atoms. The molecule has 0 saturated carbocycles. The molecule has 0 spiro atoms. The van der Waals surface area contributed by atoms with E-state index in [0.29, 0.717) is 6.04 Å². The molecule has 1 aromatic carbocycles. The van der Waals surface area contributed by atoms with E-state index in [4.69, 9.17) is 0 Å². The number of hydrogen-bond donors (Lipinski definition) is 1. The lowest BCUT2D eigenvalue weighted by molar-refractivity contribution is 0.517. The van der Waals surface area contributed by atoms with Gasteiger partial charge in [-0.2, -0.15) is 0 Å². The van der Waals surface area contributed by atoms with Gasteiger partial charge in [-0.1, -0.05) is 19.1 Å². The number of fused-ring (bicyclic) bond motifs is 1. The summed E-state index contributed by atoms with van der Waals surface area (Å²) in [6.45, 7) is 2.04. The number of nitrogens with one attached hydrogen (secondary N) is 1. The fraction of sp³-hybridized carbons (Fsp3) is 0.455. The Morgan fingerprint density at radius 1 is 1.53 bits per heavy atom. The third-order valence-electron chi connectivity index (χ3n) is 2.86. The van der Waals surface area contributed by atoms with Gasteiger partial charge in [0.15, 0.2) is 0 Å². The molecular weight excluding hydrogens is 274 g/mol. The Bertz CT molecular complexity index is 408. The second-order valence-electron chi connectivity index (χ2n) is 3.84. The predicted octanol–water partition coefficient (Wildman–Crippen LogP) is 2.61. The molecule has 0 fully saturated rings. The van der Waals surface area contributed by atoms with E-state index in [9.17, 15) is 4.21 Å². The summed E-state index contributed by atoms with van der Waals surface area (Å²) in [5.74, 6) is 0. The van der Waals surface area contributed by atoms with Gasteiger partial charge in [0, 0.05) is 15.8 Å². The van der Waals surface area contributed by atoms with Crippen LogP contribution in [0, 0.1) is 0 Å². The molecule has 4 heteroatoms. The van der Waals surface area contributed by atoms with Gasteiger partial charge >= 0.3 is 0 Å². The van der Waals surface area contributed by atoms with E-state index in [-0.39, 0.29) is 5.25 Å². The van der Waals surface area contributed by atoms with Crippen molar-refractivity contribution in [3.05, 3.63) is 28.2 Å². The maximum absolute atomic E-state index is 12.2. The summed E-state index contributed by atoms with van der Waals surface area (Å²) < 4.78 is 13.1. The summed E-state index contributed by atoms with van der Waals surface area (Å²) >= 11 is 3.49. The lowest BCUT2D eigenvalue weighted by Gasteiger charge is -2.29. The molecule has 2 nitrogen and oxygen atoms in total. The van der Waals surface area contributed by atoms with E-state index < -0.39 is 10.8 Å². The Morgan fingerprint density at radius 2 is 2.27 bits per heavy atom. The van der Waals surface area contributed by atoms with E-state index in [2.05, 4.69) is 27.3 Å². The molecule has 1 aliphatic heterocycles. The Morgan fingerprint density at radius 3 is 2.93 bits per heavy atom. The van der Waals surface area contributed by atoms with Crippen molar-refractivity contribution in [1.82, 2.24) is 5.32 Å². The molecule has 0 saturated heterocycles. The molecule has 2 rings (SSSR count). The van der Waals surface area contributed by atoms with Gasteiger partial charge in [-0.15, -0.1) is 0 Å². The van der Waals surface area contributed by atoms with Crippen molar-refractivity contribution in [2.24, 2.45) is 0 Å². The van der Waals surface area contributed by atoms with Gasteiger partial charge in [0.05, 0.1) is 15.7 Å². The quantitative estimate of drug-likeness (QED) is 0.860. The zero-order valence-corrected chi connectivity index (χ0v) is 11.2. The minimum absolute atomic E-state index is 0.216. The number of rotatable bonds is 1. The number of hydrogen-bond acceptors (Lipinski definition) is 2. The minimum atomic E-state index is -0.881. The van der Waals surface area contributed by atoms with Crippen molar-refractivity contribution >= 4 is 26.7 Å². The second-order valence-corrected chi connectivity index (χ2v) is 6.51. The van der Waals surface area contributed by atoms with Gasteiger partial charge in [-0.3, -0.25) is 4.21 Å². The Labute approximate surface area is 101 Å². The van der Waals surface area contributed by atoms with Crippen LogP contribution in [0.4, 0.5) is 0 Å². The smallest absolute Gasteiger partial charge is 0.0580 e. The molecule has 82 valence electrons. The maximum atomic E-state index is 12.2. The van der Waals surface area contributed by atoms with Crippen molar-refractivity contribution in [1.29, 1.82) is 0 Å². The maximum Gasteiger partial charge on any atom is 0.0580 e. The van der Waals surface area contributed by atoms with E-state index in [1.165, 1.54) is 5.56 Å². The first-order valence-electron chi connectivity index (χ1n) is 5.01. The van der Waals surface area contributed by atoms with Gasteiger partial charge in [0.2, 0.25) is 0 Å². The lowest BCUT2D eigenvalue weighted by Crippen LogP contribution is -2.30. The highest BCUT2D eigenvalue weighted by Crippen LogP contribution is 2.37. The summed E-state index contributed by atoms with van der Waals surface area (Å²) in [4.78, 5) is 0.968. The molecule has 1 N–H and O–H groups in total. The molecule has 0 amide bonds. The average Bonchev–Trinajstić information content (AvgIpc) is 2.23. The van der Waals surface area contributed by atoms with E-state index in [0.717, 1.165) is 15.8 Å². The second kappa shape index (κ2) is 4.36. The van der Waals surface area contributed by atoms with Crippen LogP contribution in [0.3, 0.4) is 0 Å². The van der Waals surface area contributed by atoms with Crippen LogP contribution in [-0.2, 0) is 10.8 Å². The molecule has 0 aromatic heterocycles. The monoisotopic (exact) mass is 287 g/mol. The molecule has 3 atom stereocenters. The summed E-state index contributed by atoms with van der Waals surface area (Å²) in [7, 11) is 1.07. The third kappa shape index (κ3) is 1.90. The lowest BCUT2D eigenvalue weighted by atomic mass is 10.0. The Hall–Kier alpha value is -0.190. The normalized spacial score (nSPS) is 29.9. The van der Waals surface area contributed by atoms with E-state index in [1.54, 1.807) is 0 Å². The van der Waals surface area contributed by atoms with Crippen molar-refractivity contribution in [2.45, 2.75) is 29.5 Å². The highest BCUT2D eigenvalue weighted by atomic mass is 79.9. The van der Waals surface area contributed by atoms with Crippen LogP contribution >= 0.6 is 15.9 Å². The van der Waals surface area contributed by atoms with E-state index >= 15 is 0 Å². The van der Waals surface area contributed by atoms with Gasteiger partial charge in [0.1, 0.15) is 0 Å². The number of benzene rings is 1. The van der Waals surface area contributed by atoms with Crippen LogP contribution in [0.5, 0.6) is 0 Å². The van der Waals surface area contributed by atoms with Crippen molar-refractivity contribution in [2.75, 3.05) is 7.05 Å². The van der Waals surface area contributed by atoms with Crippen LogP contribution in [-0.4, -0.2) is 16.5 Å². The van der Waals surface area contributed by atoms with Gasteiger partial charge in [-0.05, 0) is 41.0 Å². The first-order chi connectivity index (χ1) is 7.15. The fourth-order valence-electron chi connectivity index (χ4n) is 2.03. The molecule has 0 bridgehead atoms. The van der Waals surface area contributed by atoms with Crippen LogP contribution in [0.15, 0.2) is 27.6 Å². The molecule has 0 radical (unpaired) electrons. The third-order valence-corrected chi connectivity index (χ3v) is 5.56. The van der Waals surface area contributed by atoms with Crippen LogP contribution in [0.1, 0.15) is 24.9 Å². The summed E-state index contributed by atoms with van der Waals surface area (Å²) in [5.41, 5.74) is 1.17. The Kier molecular flexibility index (Phi) is 3.28. The SMILES string of the molecule is CNC1CC(C)S(=O)c2c(Br)cccc21. The van der Waals surface area contributed by atoms with Crippen LogP contribution in [0.25, 0.3) is 0 Å². The first-order valence-corrected chi connectivity index (χ1v) is 7.02. The molecule has 1 aliphatic rings. The summed E-state index contributed by atoms with van der Waals surface area (Å²) in [5, 5.41) is 3.50. The molecule has 0 aliphatic carbocycles. The van der Waals surface area contributed by atoms with Crippen molar-refractivity contribution in [3.63, 3.8) is 0 Å². The number of halogens is 1. The Balaban J connectivity index is 2.58. The molecule has 3 unspecified atom stereocenters. The zero-order valence-electron chi connectivity index (χ0n) is 8.79. The topological polar surface area (TPSA) is 29.1 Å². The van der Waals surface area contributed by atoms with Gasteiger partial charge in [0.25, 0.3) is 0 Å². The average molecular weight is 288 g/mol. The zero-order chi connectivity index (χ0) is 11.0. The van der Waals surface area contributed by atoms with Crippen LogP contribution < -0.4 is 5.32 Å².